The van der Waals surface area contributed by atoms with Gasteiger partial charge in [0.15, 0.2) is 0 Å². The van der Waals surface area contributed by atoms with Gasteiger partial charge in [0.2, 0.25) is 0 Å². The maximum atomic E-state index is 6.62. The smallest absolute Gasteiger partial charge is 0.143 e. The summed E-state index contributed by atoms with van der Waals surface area (Å²) in [6, 6.07) is 72.7. The molecule has 0 radical (unpaired) electrons. The molecule has 0 bridgehead atoms. The van der Waals surface area contributed by atoms with Crippen molar-refractivity contribution in [1.82, 2.24) is 0 Å². The fourth-order valence-corrected chi connectivity index (χ4v) is 9.39. The van der Waals surface area contributed by atoms with E-state index in [1.807, 2.05) is 6.07 Å². The Morgan fingerprint density at radius 1 is 0.368 bits per heavy atom. The molecule has 0 atom stereocenters. The van der Waals surface area contributed by atoms with Crippen LogP contribution in [0.5, 0.6) is 0 Å². The van der Waals surface area contributed by atoms with Gasteiger partial charge in [-0.15, -0.1) is 0 Å². The van der Waals surface area contributed by atoms with Gasteiger partial charge in [0.25, 0.3) is 0 Å². The summed E-state index contributed by atoms with van der Waals surface area (Å²) in [4.78, 5) is 2.48. The van der Waals surface area contributed by atoms with Gasteiger partial charge in [-0.3, -0.25) is 0 Å². The minimum absolute atomic E-state index is 0.153. The first-order chi connectivity index (χ1) is 28.1. The minimum atomic E-state index is -0.153. The van der Waals surface area contributed by atoms with E-state index in [-0.39, 0.29) is 5.41 Å². The van der Waals surface area contributed by atoms with Gasteiger partial charge >= 0.3 is 0 Å². The highest BCUT2D eigenvalue weighted by Crippen LogP contribution is 2.52. The standard InChI is InChI=1S/C55H39NO/c1-55(2)49-27-13-10-23-42(49)43-32-31-37(35-50(43)55)56(52-29-16-26-47-45(52)33-34-48-46-25-12-15-30-53(46)57-54(47)48)51-28-14-11-24-44(51)41-22-9-8-21-40(41)39-20-7-6-19-38(39)36-17-4-3-5-18-36/h3-35H,1-2H3. The number of benzene rings is 9. The van der Waals surface area contributed by atoms with Crippen LogP contribution in [0.2, 0.25) is 0 Å². The number of furan rings is 1. The van der Waals surface area contributed by atoms with Crippen molar-refractivity contribution in [3.8, 4) is 44.5 Å². The molecule has 1 aromatic heterocycles. The summed E-state index contributed by atoms with van der Waals surface area (Å²) < 4.78 is 6.62. The number of anilines is 3. The predicted octanol–water partition coefficient (Wildman–Crippen LogP) is 15.5. The van der Waals surface area contributed by atoms with E-state index in [2.05, 4.69) is 213 Å². The van der Waals surface area contributed by atoms with Crippen molar-refractivity contribution < 1.29 is 4.42 Å². The number of rotatable bonds is 6. The van der Waals surface area contributed by atoms with Gasteiger partial charge in [0.1, 0.15) is 11.2 Å². The lowest BCUT2D eigenvalue weighted by Gasteiger charge is -2.31. The summed E-state index contributed by atoms with van der Waals surface area (Å²) in [5.41, 5.74) is 17.4. The van der Waals surface area contributed by atoms with Crippen LogP contribution in [0.1, 0.15) is 25.0 Å². The molecular formula is C55H39NO. The first-order valence-electron chi connectivity index (χ1n) is 19.8. The fourth-order valence-electron chi connectivity index (χ4n) is 9.39. The van der Waals surface area contributed by atoms with Crippen molar-refractivity contribution in [1.29, 1.82) is 0 Å². The van der Waals surface area contributed by atoms with Crippen LogP contribution in [0, 0.1) is 0 Å². The summed E-state index contributed by atoms with van der Waals surface area (Å²) in [7, 11) is 0. The molecule has 10 aromatic rings. The predicted molar refractivity (Wildman–Crippen MR) is 240 cm³/mol. The average Bonchev–Trinajstić information content (AvgIpc) is 3.76. The van der Waals surface area contributed by atoms with Gasteiger partial charge in [0.05, 0.1) is 11.4 Å². The van der Waals surface area contributed by atoms with E-state index in [4.69, 9.17) is 4.42 Å². The van der Waals surface area contributed by atoms with Gasteiger partial charge in [-0.05, 0) is 86.5 Å². The fraction of sp³-hybridized carbons (Fsp3) is 0.0545. The minimum Gasteiger partial charge on any atom is -0.455 e. The van der Waals surface area contributed by atoms with Crippen LogP contribution < -0.4 is 4.90 Å². The molecule has 0 fully saturated rings. The van der Waals surface area contributed by atoms with E-state index in [0.29, 0.717) is 0 Å². The molecule has 0 unspecified atom stereocenters. The summed E-state index contributed by atoms with van der Waals surface area (Å²) in [6.45, 7) is 4.72. The summed E-state index contributed by atoms with van der Waals surface area (Å²) in [5, 5.41) is 4.49. The Kier molecular flexibility index (Phi) is 7.55. The Bertz CT molecular complexity index is 3170. The zero-order valence-electron chi connectivity index (χ0n) is 31.9. The third-order valence-corrected chi connectivity index (χ3v) is 12.1. The Hall–Kier alpha value is -7.16. The zero-order chi connectivity index (χ0) is 38.1. The van der Waals surface area contributed by atoms with Crippen molar-refractivity contribution in [2.45, 2.75) is 19.3 Å². The third kappa shape index (κ3) is 5.18. The van der Waals surface area contributed by atoms with E-state index in [0.717, 1.165) is 55.3 Å². The molecule has 0 amide bonds. The largest absolute Gasteiger partial charge is 0.455 e. The topological polar surface area (TPSA) is 16.4 Å². The number of hydrogen-bond acceptors (Lipinski definition) is 2. The molecule has 0 saturated carbocycles. The maximum Gasteiger partial charge on any atom is 0.143 e. The van der Waals surface area contributed by atoms with Gasteiger partial charge in [-0.2, -0.15) is 0 Å². The molecule has 57 heavy (non-hydrogen) atoms. The number of para-hydroxylation sites is 2. The number of hydrogen-bond donors (Lipinski definition) is 0. The van der Waals surface area contributed by atoms with Gasteiger partial charge < -0.3 is 9.32 Å². The highest BCUT2D eigenvalue weighted by Gasteiger charge is 2.36. The van der Waals surface area contributed by atoms with Gasteiger partial charge in [0, 0.05) is 38.2 Å². The van der Waals surface area contributed by atoms with E-state index in [1.54, 1.807) is 0 Å². The zero-order valence-corrected chi connectivity index (χ0v) is 31.9. The molecule has 1 aliphatic rings. The van der Waals surface area contributed by atoms with Crippen LogP contribution >= 0.6 is 0 Å². The second kappa shape index (κ2) is 13.0. The lowest BCUT2D eigenvalue weighted by atomic mass is 9.82. The van der Waals surface area contributed by atoms with E-state index in [9.17, 15) is 0 Å². The van der Waals surface area contributed by atoms with Crippen molar-refractivity contribution in [3.05, 3.63) is 211 Å². The van der Waals surface area contributed by atoms with Crippen molar-refractivity contribution in [3.63, 3.8) is 0 Å². The van der Waals surface area contributed by atoms with E-state index in [1.165, 1.54) is 50.1 Å². The van der Waals surface area contributed by atoms with Crippen molar-refractivity contribution in [2.24, 2.45) is 0 Å². The van der Waals surface area contributed by atoms with Gasteiger partial charge in [-0.1, -0.05) is 178 Å². The summed E-state index contributed by atoms with van der Waals surface area (Å²) >= 11 is 0. The lowest BCUT2D eigenvalue weighted by Crippen LogP contribution is -2.17. The van der Waals surface area contributed by atoms with E-state index < -0.39 is 0 Å². The molecule has 2 heteroatoms. The first kappa shape index (κ1) is 33.2. The average molecular weight is 730 g/mol. The Morgan fingerprint density at radius 3 is 1.72 bits per heavy atom. The monoisotopic (exact) mass is 729 g/mol. The number of nitrogens with zero attached hydrogens (tertiary/aromatic N) is 1. The molecule has 0 N–H and O–H groups in total. The molecule has 11 rings (SSSR count). The Morgan fingerprint density at radius 2 is 0.912 bits per heavy atom. The lowest BCUT2D eigenvalue weighted by molar-refractivity contribution is 0.660. The molecule has 1 aliphatic carbocycles. The van der Waals surface area contributed by atoms with Crippen LogP contribution in [0.4, 0.5) is 17.1 Å². The molecule has 1 heterocycles. The molecule has 0 saturated heterocycles. The van der Waals surface area contributed by atoms with Crippen LogP contribution in [0.3, 0.4) is 0 Å². The van der Waals surface area contributed by atoms with Crippen molar-refractivity contribution in [2.75, 3.05) is 4.90 Å². The maximum absolute atomic E-state index is 6.62. The molecule has 2 nitrogen and oxygen atoms in total. The molecule has 0 spiro atoms. The Labute approximate surface area is 332 Å². The number of fused-ring (bicyclic) bond motifs is 8. The van der Waals surface area contributed by atoms with E-state index >= 15 is 0 Å². The van der Waals surface area contributed by atoms with Crippen LogP contribution in [0.15, 0.2) is 205 Å². The normalized spacial score (nSPS) is 12.9. The highest BCUT2D eigenvalue weighted by atomic mass is 16.3. The second-order valence-corrected chi connectivity index (χ2v) is 15.6. The van der Waals surface area contributed by atoms with Crippen LogP contribution in [-0.4, -0.2) is 0 Å². The summed E-state index contributed by atoms with van der Waals surface area (Å²) in [5.74, 6) is 0. The second-order valence-electron chi connectivity index (χ2n) is 15.6. The SMILES string of the molecule is CC1(C)c2ccccc2-c2ccc(N(c3ccccc3-c3ccccc3-c3ccccc3-c3ccccc3)c3cccc4c3ccc3c5ccccc5oc43)cc21. The highest BCUT2D eigenvalue weighted by molar-refractivity contribution is 6.18. The van der Waals surface area contributed by atoms with Gasteiger partial charge in [-0.25, -0.2) is 0 Å². The Balaban J connectivity index is 1.17. The quantitative estimate of drug-likeness (QED) is 0.169. The molecule has 270 valence electrons. The van der Waals surface area contributed by atoms with Crippen LogP contribution in [0.25, 0.3) is 77.2 Å². The van der Waals surface area contributed by atoms with Crippen LogP contribution in [-0.2, 0) is 5.41 Å². The first-order valence-corrected chi connectivity index (χ1v) is 19.8. The van der Waals surface area contributed by atoms with Crippen molar-refractivity contribution >= 4 is 49.8 Å². The molecule has 0 aliphatic heterocycles. The third-order valence-electron chi connectivity index (χ3n) is 12.1. The molecular weight excluding hydrogens is 691 g/mol. The summed E-state index contributed by atoms with van der Waals surface area (Å²) in [6.07, 6.45) is 0. The molecule has 9 aromatic carbocycles.